The number of aromatic nitrogens is 2. The van der Waals surface area contributed by atoms with Crippen molar-refractivity contribution in [3.63, 3.8) is 0 Å². The Balaban J connectivity index is 1.61. The van der Waals surface area contributed by atoms with E-state index in [2.05, 4.69) is 9.97 Å². The van der Waals surface area contributed by atoms with Crippen LogP contribution in [0, 0.1) is 0 Å². The molecule has 2 aromatic carbocycles. The van der Waals surface area contributed by atoms with E-state index in [9.17, 15) is 9.59 Å². The quantitative estimate of drug-likeness (QED) is 0.146. The van der Waals surface area contributed by atoms with Crippen molar-refractivity contribution in [2.75, 3.05) is 81.0 Å². The van der Waals surface area contributed by atoms with Crippen LogP contribution in [0.2, 0.25) is 0 Å². The zero-order chi connectivity index (χ0) is 31.3. The SMILES string of the molecule is COCCN(CCOC)C(=O)c1ccc(SSc2ccc(C(=O)N(CCOC)CCOC)c3cccnc23)c2ncccc12. The molecule has 0 aliphatic heterocycles. The molecule has 0 radical (unpaired) electrons. The van der Waals surface area contributed by atoms with Crippen LogP contribution in [0.5, 0.6) is 0 Å². The third-order valence-corrected chi connectivity index (χ3v) is 9.41. The lowest BCUT2D eigenvalue weighted by atomic mass is 10.1. The number of carbonyl (C=O) groups excluding carboxylic acids is 2. The molecule has 0 unspecified atom stereocenters. The minimum atomic E-state index is -0.0956. The normalized spacial score (nSPS) is 11.3. The largest absolute Gasteiger partial charge is 0.383 e. The van der Waals surface area contributed by atoms with Crippen LogP contribution in [-0.2, 0) is 18.9 Å². The van der Waals surface area contributed by atoms with Crippen LogP contribution in [0.4, 0.5) is 0 Å². The molecule has 0 spiro atoms. The zero-order valence-corrected chi connectivity index (χ0v) is 27.1. The predicted molar refractivity (Wildman–Crippen MR) is 175 cm³/mol. The lowest BCUT2D eigenvalue weighted by Crippen LogP contribution is -2.36. The van der Waals surface area contributed by atoms with Crippen molar-refractivity contribution in [1.82, 2.24) is 19.8 Å². The van der Waals surface area contributed by atoms with Crippen LogP contribution < -0.4 is 0 Å². The number of fused-ring (bicyclic) bond motifs is 2. The smallest absolute Gasteiger partial charge is 0.254 e. The summed E-state index contributed by atoms with van der Waals surface area (Å²) in [6, 6.07) is 15.1. The van der Waals surface area contributed by atoms with Crippen LogP contribution in [0.3, 0.4) is 0 Å². The second-order valence-electron chi connectivity index (χ2n) is 9.74. The lowest BCUT2D eigenvalue weighted by Gasteiger charge is -2.23. The topological polar surface area (TPSA) is 103 Å². The molecular weight excluding hydrogens is 601 g/mol. The molecule has 0 aliphatic rings. The highest BCUT2D eigenvalue weighted by Gasteiger charge is 2.22. The van der Waals surface area contributed by atoms with Crippen molar-refractivity contribution in [2.24, 2.45) is 0 Å². The number of hydrogen-bond acceptors (Lipinski definition) is 10. The van der Waals surface area contributed by atoms with E-state index in [0.717, 1.165) is 31.6 Å². The fourth-order valence-corrected chi connectivity index (χ4v) is 6.92. The summed E-state index contributed by atoms with van der Waals surface area (Å²) in [5.41, 5.74) is 2.64. The minimum absolute atomic E-state index is 0.0956. The monoisotopic (exact) mass is 638 g/mol. The summed E-state index contributed by atoms with van der Waals surface area (Å²) >= 11 is 0. The third kappa shape index (κ3) is 8.26. The lowest BCUT2D eigenvalue weighted by molar-refractivity contribution is 0.0624. The van der Waals surface area contributed by atoms with Gasteiger partial charge in [-0.3, -0.25) is 19.6 Å². The first-order chi connectivity index (χ1) is 21.5. The summed E-state index contributed by atoms with van der Waals surface area (Å²) < 4.78 is 20.9. The van der Waals surface area contributed by atoms with Gasteiger partial charge in [0.25, 0.3) is 11.8 Å². The van der Waals surface area contributed by atoms with Crippen LogP contribution in [0.1, 0.15) is 20.7 Å². The molecule has 0 bridgehead atoms. The fourth-order valence-electron chi connectivity index (χ4n) is 4.67. The number of hydrogen-bond donors (Lipinski definition) is 0. The van der Waals surface area contributed by atoms with Crippen LogP contribution in [0.25, 0.3) is 21.8 Å². The van der Waals surface area contributed by atoms with Gasteiger partial charge >= 0.3 is 0 Å². The number of methoxy groups -OCH3 is 4. The summed E-state index contributed by atoms with van der Waals surface area (Å²) in [7, 11) is 9.55. The maximum Gasteiger partial charge on any atom is 0.254 e. The number of rotatable bonds is 17. The molecule has 0 saturated heterocycles. The van der Waals surface area contributed by atoms with Crippen molar-refractivity contribution in [1.29, 1.82) is 0 Å². The molecule has 4 aromatic rings. The number of benzene rings is 2. The van der Waals surface area contributed by atoms with Gasteiger partial charge in [-0.25, -0.2) is 0 Å². The van der Waals surface area contributed by atoms with Crippen molar-refractivity contribution in [2.45, 2.75) is 9.79 Å². The standard InChI is InChI=1S/C32H38N4O6S2/c1-39-19-15-35(16-20-40-2)31(37)25-9-11-27(29-23(25)7-5-13-33-29)43-44-28-12-10-26(24-8-6-14-34-30(24)28)32(38)36(17-21-41-3)18-22-42-4/h5-14H,15-22H2,1-4H3. The van der Waals surface area contributed by atoms with Gasteiger partial charge in [0.2, 0.25) is 0 Å². The highest BCUT2D eigenvalue weighted by Crippen LogP contribution is 2.43. The molecule has 0 N–H and O–H groups in total. The van der Waals surface area contributed by atoms with E-state index in [0.29, 0.717) is 63.7 Å². The van der Waals surface area contributed by atoms with E-state index in [1.165, 1.54) is 21.6 Å². The number of pyridine rings is 2. The van der Waals surface area contributed by atoms with E-state index in [4.69, 9.17) is 18.9 Å². The number of amides is 2. The van der Waals surface area contributed by atoms with Gasteiger partial charge in [0.05, 0.1) is 37.5 Å². The Morgan fingerprint density at radius 2 is 0.955 bits per heavy atom. The number of nitrogens with zero attached hydrogens (tertiary/aromatic N) is 4. The molecular formula is C32H38N4O6S2. The van der Waals surface area contributed by atoms with Gasteiger partial charge in [0.15, 0.2) is 0 Å². The summed E-state index contributed by atoms with van der Waals surface area (Å²) in [6.45, 7) is 3.57. The molecule has 2 aromatic heterocycles. The predicted octanol–water partition coefficient (Wildman–Crippen LogP) is 5.05. The van der Waals surface area contributed by atoms with Gasteiger partial charge < -0.3 is 28.7 Å². The zero-order valence-electron chi connectivity index (χ0n) is 25.5. The Labute approximate surface area is 265 Å². The van der Waals surface area contributed by atoms with Crippen molar-refractivity contribution in [3.05, 3.63) is 72.1 Å². The molecule has 0 fully saturated rings. The second-order valence-corrected chi connectivity index (χ2v) is 12.0. The molecule has 234 valence electrons. The highest BCUT2D eigenvalue weighted by atomic mass is 33.1. The van der Waals surface area contributed by atoms with Gasteiger partial charge in [-0.2, -0.15) is 0 Å². The van der Waals surface area contributed by atoms with Crippen molar-refractivity contribution in [3.8, 4) is 0 Å². The van der Waals surface area contributed by atoms with Gasteiger partial charge in [-0.1, -0.05) is 33.7 Å². The minimum Gasteiger partial charge on any atom is -0.383 e. The maximum absolute atomic E-state index is 13.6. The molecule has 10 nitrogen and oxygen atoms in total. The van der Waals surface area contributed by atoms with E-state index in [1.54, 1.807) is 50.6 Å². The number of carbonyl (C=O) groups is 2. The van der Waals surface area contributed by atoms with Gasteiger partial charge in [-0.05, 0) is 36.4 Å². The molecule has 4 rings (SSSR count). The van der Waals surface area contributed by atoms with Crippen molar-refractivity contribution >= 4 is 55.2 Å². The first-order valence-electron chi connectivity index (χ1n) is 14.2. The highest BCUT2D eigenvalue weighted by molar-refractivity contribution is 8.76. The summed E-state index contributed by atoms with van der Waals surface area (Å²) in [5.74, 6) is -0.191. The second kappa shape index (κ2) is 17.3. The first kappa shape index (κ1) is 33.6. The van der Waals surface area contributed by atoms with E-state index in [-0.39, 0.29) is 11.8 Å². The van der Waals surface area contributed by atoms with E-state index < -0.39 is 0 Å². The third-order valence-electron chi connectivity index (χ3n) is 6.98. The Kier molecular flexibility index (Phi) is 13.2. The molecule has 0 aliphatic carbocycles. The number of ether oxygens (including phenoxy) is 4. The molecule has 12 heteroatoms. The van der Waals surface area contributed by atoms with Crippen LogP contribution >= 0.6 is 21.6 Å². The Morgan fingerprint density at radius 3 is 1.30 bits per heavy atom. The summed E-state index contributed by atoms with van der Waals surface area (Å²) in [5, 5.41) is 1.55. The molecule has 0 saturated carbocycles. The Bertz CT molecular complexity index is 1430. The van der Waals surface area contributed by atoms with Gasteiger partial charge in [0, 0.05) is 98.7 Å². The first-order valence-corrected chi connectivity index (χ1v) is 16.3. The molecule has 44 heavy (non-hydrogen) atoms. The average molecular weight is 639 g/mol. The van der Waals surface area contributed by atoms with E-state index >= 15 is 0 Å². The van der Waals surface area contributed by atoms with Gasteiger partial charge in [-0.15, -0.1) is 0 Å². The fraction of sp³-hybridized carbons (Fsp3) is 0.375. The van der Waals surface area contributed by atoms with Crippen molar-refractivity contribution < 1.29 is 28.5 Å². The Morgan fingerprint density at radius 1 is 0.591 bits per heavy atom. The van der Waals surface area contributed by atoms with Crippen LogP contribution in [-0.4, -0.2) is 113 Å². The average Bonchev–Trinajstić information content (AvgIpc) is 3.06. The molecule has 2 amide bonds. The van der Waals surface area contributed by atoms with Crippen LogP contribution in [0.15, 0.2) is 70.7 Å². The van der Waals surface area contributed by atoms with E-state index in [1.807, 2.05) is 48.5 Å². The maximum atomic E-state index is 13.6. The molecule has 0 atom stereocenters. The molecule has 2 heterocycles. The summed E-state index contributed by atoms with van der Waals surface area (Å²) in [4.78, 5) is 41.8. The summed E-state index contributed by atoms with van der Waals surface area (Å²) in [6.07, 6.45) is 3.46. The van der Waals surface area contributed by atoms with Gasteiger partial charge in [0.1, 0.15) is 0 Å². The Hall–Kier alpha value is -3.26.